The standard InChI is InChI=1S/C16H15FN2O2/c17-11-6-7-12(14(20)9-11)16(21)19-13-5-1-3-10-4-2-8-18-15(10)13/h1,3,5-7,9,18,20H,2,4,8H2,(H,19,21). The van der Waals surface area contributed by atoms with Crippen LogP contribution in [0.1, 0.15) is 22.3 Å². The number of aryl methyl sites for hydroxylation is 1. The molecule has 0 fully saturated rings. The van der Waals surface area contributed by atoms with Gasteiger partial charge in [0.2, 0.25) is 0 Å². The minimum absolute atomic E-state index is 0.0461. The first-order valence-corrected chi connectivity index (χ1v) is 6.81. The second kappa shape index (κ2) is 5.44. The number of nitrogens with one attached hydrogen (secondary N) is 2. The molecular formula is C16H15FN2O2. The number of carbonyl (C=O) groups is 1. The first-order valence-electron chi connectivity index (χ1n) is 6.81. The molecule has 3 N–H and O–H groups in total. The van der Waals surface area contributed by atoms with Gasteiger partial charge < -0.3 is 15.7 Å². The van der Waals surface area contributed by atoms with Gasteiger partial charge in [-0.25, -0.2) is 4.39 Å². The number of halogens is 1. The first kappa shape index (κ1) is 13.4. The predicted octanol–water partition coefficient (Wildman–Crippen LogP) is 3.14. The second-order valence-corrected chi connectivity index (χ2v) is 4.99. The molecule has 21 heavy (non-hydrogen) atoms. The predicted molar refractivity (Wildman–Crippen MR) is 79.3 cm³/mol. The van der Waals surface area contributed by atoms with E-state index in [1.54, 1.807) is 6.07 Å². The number of rotatable bonds is 2. The van der Waals surface area contributed by atoms with Crippen LogP contribution in [0.25, 0.3) is 0 Å². The second-order valence-electron chi connectivity index (χ2n) is 4.99. The summed E-state index contributed by atoms with van der Waals surface area (Å²) in [6.07, 6.45) is 2.02. The van der Waals surface area contributed by atoms with Gasteiger partial charge in [0.05, 0.1) is 16.9 Å². The summed E-state index contributed by atoms with van der Waals surface area (Å²) in [5.74, 6) is -1.42. The van der Waals surface area contributed by atoms with Crippen LogP contribution in [0, 0.1) is 5.82 Å². The maximum atomic E-state index is 13.0. The van der Waals surface area contributed by atoms with E-state index in [1.807, 2.05) is 12.1 Å². The zero-order valence-corrected chi connectivity index (χ0v) is 11.3. The lowest BCUT2D eigenvalue weighted by Crippen LogP contribution is -2.17. The molecule has 0 radical (unpaired) electrons. The highest BCUT2D eigenvalue weighted by Gasteiger charge is 2.16. The third-order valence-corrected chi connectivity index (χ3v) is 3.53. The fourth-order valence-corrected chi connectivity index (χ4v) is 2.50. The fraction of sp³-hybridized carbons (Fsp3) is 0.188. The van der Waals surface area contributed by atoms with Gasteiger partial charge in [-0.05, 0) is 36.6 Å². The van der Waals surface area contributed by atoms with Crippen LogP contribution in [0.5, 0.6) is 5.75 Å². The maximum absolute atomic E-state index is 13.0. The quantitative estimate of drug-likeness (QED) is 0.794. The van der Waals surface area contributed by atoms with Crippen LogP contribution in [-0.2, 0) is 6.42 Å². The highest BCUT2D eigenvalue weighted by molar-refractivity contribution is 6.07. The summed E-state index contributed by atoms with van der Waals surface area (Å²) in [6, 6.07) is 9.04. The third kappa shape index (κ3) is 2.67. The number of phenols is 1. The molecule has 108 valence electrons. The Kier molecular flexibility index (Phi) is 3.48. The molecule has 2 aromatic carbocycles. The number of hydrogen-bond acceptors (Lipinski definition) is 3. The Morgan fingerprint density at radius 3 is 2.95 bits per heavy atom. The fourth-order valence-electron chi connectivity index (χ4n) is 2.50. The van der Waals surface area contributed by atoms with Crippen LogP contribution in [0.3, 0.4) is 0 Å². The third-order valence-electron chi connectivity index (χ3n) is 3.53. The van der Waals surface area contributed by atoms with E-state index < -0.39 is 11.7 Å². The molecule has 0 aliphatic carbocycles. The molecule has 1 heterocycles. The molecule has 4 nitrogen and oxygen atoms in total. The summed E-state index contributed by atoms with van der Waals surface area (Å²) in [5, 5.41) is 15.7. The number of phenolic OH excluding ortho intramolecular Hbond substituents is 1. The molecule has 1 aliphatic rings. The first-order chi connectivity index (χ1) is 10.1. The van der Waals surface area contributed by atoms with Crippen molar-refractivity contribution in [2.24, 2.45) is 0 Å². The molecule has 0 atom stereocenters. The lowest BCUT2D eigenvalue weighted by atomic mass is 10.0. The topological polar surface area (TPSA) is 61.4 Å². The Labute approximate surface area is 121 Å². The van der Waals surface area contributed by atoms with E-state index in [0.717, 1.165) is 42.8 Å². The van der Waals surface area contributed by atoms with Crippen LogP contribution in [0.15, 0.2) is 36.4 Å². The molecule has 3 rings (SSSR count). The SMILES string of the molecule is O=C(Nc1cccc2c1NCCC2)c1ccc(F)cc1O. The van der Waals surface area contributed by atoms with Crippen LogP contribution in [-0.4, -0.2) is 17.6 Å². The minimum atomic E-state index is -0.581. The largest absolute Gasteiger partial charge is 0.507 e. The van der Waals surface area contributed by atoms with Crippen molar-refractivity contribution in [3.05, 3.63) is 53.3 Å². The Bertz CT molecular complexity index is 701. The van der Waals surface area contributed by atoms with Crippen molar-refractivity contribution < 1.29 is 14.3 Å². The van der Waals surface area contributed by atoms with Gasteiger partial charge in [0, 0.05) is 12.6 Å². The molecule has 5 heteroatoms. The van der Waals surface area contributed by atoms with E-state index in [9.17, 15) is 14.3 Å². The summed E-state index contributed by atoms with van der Waals surface area (Å²) in [5.41, 5.74) is 2.78. The zero-order chi connectivity index (χ0) is 14.8. The number of amides is 1. The molecular weight excluding hydrogens is 271 g/mol. The highest BCUT2D eigenvalue weighted by Crippen LogP contribution is 2.31. The molecule has 0 unspecified atom stereocenters. The highest BCUT2D eigenvalue weighted by atomic mass is 19.1. The van der Waals surface area contributed by atoms with E-state index >= 15 is 0 Å². The van der Waals surface area contributed by atoms with E-state index in [1.165, 1.54) is 6.07 Å². The minimum Gasteiger partial charge on any atom is -0.507 e. The maximum Gasteiger partial charge on any atom is 0.259 e. The Morgan fingerprint density at radius 2 is 2.14 bits per heavy atom. The Hall–Kier alpha value is -2.56. The molecule has 2 aromatic rings. The van der Waals surface area contributed by atoms with Crippen molar-refractivity contribution in [2.75, 3.05) is 17.2 Å². The van der Waals surface area contributed by atoms with Crippen molar-refractivity contribution >= 4 is 17.3 Å². The van der Waals surface area contributed by atoms with Gasteiger partial charge in [-0.2, -0.15) is 0 Å². The zero-order valence-electron chi connectivity index (χ0n) is 11.3. The molecule has 0 aromatic heterocycles. The average molecular weight is 286 g/mol. The van der Waals surface area contributed by atoms with Crippen molar-refractivity contribution in [1.29, 1.82) is 0 Å². The van der Waals surface area contributed by atoms with Crippen molar-refractivity contribution in [3.63, 3.8) is 0 Å². The van der Waals surface area contributed by atoms with Crippen LogP contribution < -0.4 is 10.6 Å². The van der Waals surface area contributed by atoms with E-state index in [4.69, 9.17) is 0 Å². The Balaban J connectivity index is 1.88. The van der Waals surface area contributed by atoms with Gasteiger partial charge in [0.1, 0.15) is 11.6 Å². The summed E-state index contributed by atoms with van der Waals surface area (Å²) in [7, 11) is 0. The smallest absolute Gasteiger partial charge is 0.259 e. The monoisotopic (exact) mass is 286 g/mol. The number of carbonyl (C=O) groups excluding carboxylic acids is 1. The normalized spacial score (nSPS) is 13.2. The summed E-state index contributed by atoms with van der Waals surface area (Å²) in [4.78, 5) is 12.2. The number of para-hydroxylation sites is 1. The van der Waals surface area contributed by atoms with Crippen molar-refractivity contribution in [1.82, 2.24) is 0 Å². The lowest BCUT2D eigenvalue weighted by Gasteiger charge is -2.21. The molecule has 1 amide bonds. The van der Waals surface area contributed by atoms with Crippen LogP contribution >= 0.6 is 0 Å². The van der Waals surface area contributed by atoms with Gasteiger partial charge in [-0.1, -0.05) is 12.1 Å². The molecule has 0 saturated carbocycles. The van der Waals surface area contributed by atoms with E-state index in [2.05, 4.69) is 10.6 Å². The lowest BCUT2D eigenvalue weighted by molar-refractivity contribution is 0.102. The number of hydrogen-bond donors (Lipinski definition) is 3. The van der Waals surface area contributed by atoms with Gasteiger partial charge >= 0.3 is 0 Å². The van der Waals surface area contributed by atoms with E-state index in [-0.39, 0.29) is 11.3 Å². The van der Waals surface area contributed by atoms with Gasteiger partial charge in [0.15, 0.2) is 0 Å². The number of fused-ring (bicyclic) bond motifs is 1. The molecule has 1 aliphatic heterocycles. The number of benzene rings is 2. The van der Waals surface area contributed by atoms with Gasteiger partial charge in [-0.15, -0.1) is 0 Å². The molecule has 0 saturated heterocycles. The molecule has 0 bridgehead atoms. The summed E-state index contributed by atoms with van der Waals surface area (Å²) >= 11 is 0. The van der Waals surface area contributed by atoms with Crippen LogP contribution in [0.4, 0.5) is 15.8 Å². The molecule has 0 spiro atoms. The van der Waals surface area contributed by atoms with Crippen molar-refractivity contribution in [3.8, 4) is 5.75 Å². The van der Waals surface area contributed by atoms with E-state index in [0.29, 0.717) is 5.69 Å². The van der Waals surface area contributed by atoms with Gasteiger partial charge in [0.25, 0.3) is 5.91 Å². The van der Waals surface area contributed by atoms with Gasteiger partial charge in [-0.3, -0.25) is 4.79 Å². The summed E-state index contributed by atoms with van der Waals surface area (Å²) < 4.78 is 13.0. The average Bonchev–Trinajstić information content (AvgIpc) is 2.47. The summed E-state index contributed by atoms with van der Waals surface area (Å²) in [6.45, 7) is 0.863. The Morgan fingerprint density at radius 1 is 1.29 bits per heavy atom. The number of anilines is 2. The number of aromatic hydroxyl groups is 1. The van der Waals surface area contributed by atoms with Crippen molar-refractivity contribution in [2.45, 2.75) is 12.8 Å². The van der Waals surface area contributed by atoms with Crippen LogP contribution in [0.2, 0.25) is 0 Å².